The van der Waals surface area contributed by atoms with Gasteiger partial charge in [-0.1, -0.05) is 11.6 Å². The standard InChI is InChI=1S/C10H15ClN4O.ClH/c1-14(2)10(16)9-8(11)7-6-12-4-3-5-15(7)13-9;/h12H,3-6H2,1-2H3;1H. The van der Waals surface area contributed by atoms with Crippen LogP contribution in [0, 0.1) is 0 Å². The zero-order chi connectivity index (χ0) is 11.7. The number of nitrogens with zero attached hydrogens (tertiary/aromatic N) is 3. The lowest BCUT2D eigenvalue weighted by atomic mass is 10.3. The summed E-state index contributed by atoms with van der Waals surface area (Å²) in [5.74, 6) is -0.148. The second kappa shape index (κ2) is 5.71. The van der Waals surface area contributed by atoms with Gasteiger partial charge in [0.05, 0.1) is 10.7 Å². The Bertz CT molecular complexity index is 417. The van der Waals surface area contributed by atoms with E-state index in [1.54, 1.807) is 14.1 Å². The van der Waals surface area contributed by atoms with Gasteiger partial charge in [-0.25, -0.2) is 0 Å². The molecular formula is C10H16Cl2N4O. The maximum atomic E-state index is 11.8. The molecule has 96 valence electrons. The molecule has 2 rings (SSSR count). The van der Waals surface area contributed by atoms with Gasteiger partial charge in [-0.2, -0.15) is 5.10 Å². The number of hydrogen-bond donors (Lipinski definition) is 1. The van der Waals surface area contributed by atoms with E-state index in [0.29, 0.717) is 17.3 Å². The zero-order valence-corrected chi connectivity index (χ0v) is 11.4. The van der Waals surface area contributed by atoms with Gasteiger partial charge < -0.3 is 10.2 Å². The molecule has 0 spiro atoms. The van der Waals surface area contributed by atoms with Crippen LogP contribution in [-0.2, 0) is 13.1 Å². The van der Waals surface area contributed by atoms with Gasteiger partial charge >= 0.3 is 0 Å². The van der Waals surface area contributed by atoms with E-state index < -0.39 is 0 Å². The lowest BCUT2D eigenvalue weighted by molar-refractivity contribution is 0.0821. The number of fused-ring (bicyclic) bond motifs is 1. The van der Waals surface area contributed by atoms with Gasteiger partial charge in [-0.05, 0) is 13.0 Å². The Balaban J connectivity index is 0.00000144. The molecule has 0 unspecified atom stereocenters. The predicted octanol–water partition coefficient (Wildman–Crippen LogP) is 1.15. The molecule has 0 fully saturated rings. The molecule has 1 aromatic rings. The Labute approximate surface area is 112 Å². The van der Waals surface area contributed by atoms with Crippen LogP contribution in [0.25, 0.3) is 0 Å². The normalized spacial score (nSPS) is 14.5. The molecule has 1 amide bonds. The second-order valence-electron chi connectivity index (χ2n) is 4.06. The van der Waals surface area contributed by atoms with Crippen molar-refractivity contribution in [3.8, 4) is 0 Å². The molecule has 5 nitrogen and oxygen atoms in total. The van der Waals surface area contributed by atoms with Gasteiger partial charge in [-0.15, -0.1) is 12.4 Å². The number of halogens is 2. The number of rotatable bonds is 1. The molecular weight excluding hydrogens is 263 g/mol. The van der Waals surface area contributed by atoms with Crippen LogP contribution in [0.15, 0.2) is 0 Å². The molecule has 0 aliphatic carbocycles. The maximum absolute atomic E-state index is 11.8. The molecule has 0 aromatic carbocycles. The Kier molecular flexibility index (Phi) is 4.80. The largest absolute Gasteiger partial charge is 0.343 e. The van der Waals surface area contributed by atoms with Crippen LogP contribution >= 0.6 is 24.0 Å². The molecule has 17 heavy (non-hydrogen) atoms. The number of aromatic nitrogens is 2. The number of carbonyl (C=O) groups is 1. The SMILES string of the molecule is CN(C)C(=O)c1nn2c(c1Cl)CNCCC2.Cl. The molecule has 0 atom stereocenters. The van der Waals surface area contributed by atoms with E-state index in [4.69, 9.17) is 11.6 Å². The molecule has 0 saturated carbocycles. The van der Waals surface area contributed by atoms with Crippen LogP contribution in [0.5, 0.6) is 0 Å². The monoisotopic (exact) mass is 278 g/mol. The van der Waals surface area contributed by atoms with Gasteiger partial charge in [0.1, 0.15) is 0 Å². The van der Waals surface area contributed by atoms with E-state index in [2.05, 4.69) is 10.4 Å². The molecule has 1 N–H and O–H groups in total. The minimum absolute atomic E-state index is 0. The molecule has 2 heterocycles. The second-order valence-corrected chi connectivity index (χ2v) is 4.44. The summed E-state index contributed by atoms with van der Waals surface area (Å²) < 4.78 is 1.83. The highest BCUT2D eigenvalue weighted by molar-refractivity contribution is 6.34. The highest BCUT2D eigenvalue weighted by atomic mass is 35.5. The van der Waals surface area contributed by atoms with Crippen molar-refractivity contribution in [3.63, 3.8) is 0 Å². The van der Waals surface area contributed by atoms with Crippen LogP contribution in [0.3, 0.4) is 0 Å². The van der Waals surface area contributed by atoms with Crippen molar-refractivity contribution < 1.29 is 4.79 Å². The van der Waals surface area contributed by atoms with E-state index in [1.807, 2.05) is 4.68 Å². The van der Waals surface area contributed by atoms with Crippen LogP contribution in [0.1, 0.15) is 22.6 Å². The van der Waals surface area contributed by atoms with Crippen molar-refractivity contribution in [1.29, 1.82) is 0 Å². The topological polar surface area (TPSA) is 50.2 Å². The van der Waals surface area contributed by atoms with E-state index in [0.717, 1.165) is 25.2 Å². The Morgan fingerprint density at radius 2 is 2.24 bits per heavy atom. The average Bonchev–Trinajstić information content (AvgIpc) is 2.45. The van der Waals surface area contributed by atoms with Crippen LogP contribution < -0.4 is 5.32 Å². The number of amides is 1. The highest BCUT2D eigenvalue weighted by Crippen LogP contribution is 2.23. The smallest absolute Gasteiger partial charge is 0.275 e. The molecule has 1 aliphatic heterocycles. The number of hydrogen-bond acceptors (Lipinski definition) is 3. The van der Waals surface area contributed by atoms with E-state index in [1.165, 1.54) is 4.90 Å². The molecule has 0 radical (unpaired) electrons. The fourth-order valence-corrected chi connectivity index (χ4v) is 2.02. The van der Waals surface area contributed by atoms with Gasteiger partial charge in [0.25, 0.3) is 5.91 Å². The summed E-state index contributed by atoms with van der Waals surface area (Å²) in [6, 6.07) is 0. The third-order valence-electron chi connectivity index (χ3n) is 2.62. The van der Waals surface area contributed by atoms with Gasteiger partial charge in [0.2, 0.25) is 0 Å². The summed E-state index contributed by atoms with van der Waals surface area (Å²) in [7, 11) is 3.39. The van der Waals surface area contributed by atoms with Crippen molar-refractivity contribution in [2.45, 2.75) is 19.5 Å². The molecule has 7 heteroatoms. The zero-order valence-electron chi connectivity index (χ0n) is 9.86. The minimum Gasteiger partial charge on any atom is -0.343 e. The lowest BCUT2D eigenvalue weighted by Gasteiger charge is -2.07. The van der Waals surface area contributed by atoms with E-state index in [-0.39, 0.29) is 18.3 Å². The summed E-state index contributed by atoms with van der Waals surface area (Å²) in [5, 5.41) is 8.02. The number of carbonyl (C=O) groups excluding carboxylic acids is 1. The summed E-state index contributed by atoms with van der Waals surface area (Å²) in [4.78, 5) is 13.3. The third kappa shape index (κ3) is 2.73. The summed E-state index contributed by atoms with van der Waals surface area (Å²) >= 11 is 6.18. The summed E-state index contributed by atoms with van der Waals surface area (Å²) in [5.41, 5.74) is 1.26. The Morgan fingerprint density at radius 3 is 2.88 bits per heavy atom. The average molecular weight is 279 g/mol. The highest BCUT2D eigenvalue weighted by Gasteiger charge is 2.23. The van der Waals surface area contributed by atoms with Gasteiger partial charge in [-0.3, -0.25) is 9.48 Å². The van der Waals surface area contributed by atoms with Crippen molar-refractivity contribution in [3.05, 3.63) is 16.4 Å². The quantitative estimate of drug-likeness (QED) is 0.839. The number of aryl methyl sites for hydroxylation is 1. The molecule has 1 aliphatic rings. The first kappa shape index (κ1) is 14.3. The van der Waals surface area contributed by atoms with E-state index in [9.17, 15) is 4.79 Å². The fraction of sp³-hybridized carbons (Fsp3) is 0.600. The van der Waals surface area contributed by atoms with Gasteiger partial charge in [0.15, 0.2) is 5.69 Å². The van der Waals surface area contributed by atoms with Crippen molar-refractivity contribution in [2.75, 3.05) is 20.6 Å². The fourth-order valence-electron chi connectivity index (χ4n) is 1.74. The van der Waals surface area contributed by atoms with Crippen molar-refractivity contribution in [2.24, 2.45) is 0 Å². The van der Waals surface area contributed by atoms with Crippen molar-refractivity contribution in [1.82, 2.24) is 20.0 Å². The first-order valence-electron chi connectivity index (χ1n) is 5.29. The van der Waals surface area contributed by atoms with Gasteiger partial charge in [0, 0.05) is 27.2 Å². The maximum Gasteiger partial charge on any atom is 0.275 e. The van der Waals surface area contributed by atoms with Crippen LogP contribution in [-0.4, -0.2) is 41.2 Å². The predicted molar refractivity (Wildman–Crippen MR) is 68.8 cm³/mol. The van der Waals surface area contributed by atoms with Crippen LogP contribution in [0.2, 0.25) is 5.02 Å². The minimum atomic E-state index is -0.148. The van der Waals surface area contributed by atoms with Crippen LogP contribution in [0.4, 0.5) is 0 Å². The molecule has 0 bridgehead atoms. The number of nitrogens with one attached hydrogen (secondary N) is 1. The summed E-state index contributed by atoms with van der Waals surface area (Å²) in [6.45, 7) is 2.44. The molecule has 0 saturated heterocycles. The first-order chi connectivity index (χ1) is 7.61. The third-order valence-corrected chi connectivity index (χ3v) is 3.02. The van der Waals surface area contributed by atoms with Crippen molar-refractivity contribution >= 4 is 29.9 Å². The lowest BCUT2D eigenvalue weighted by Crippen LogP contribution is -2.22. The van der Waals surface area contributed by atoms with E-state index >= 15 is 0 Å². The Morgan fingerprint density at radius 1 is 1.53 bits per heavy atom. The Hall–Kier alpha value is -0.780. The molecule has 1 aromatic heterocycles. The summed E-state index contributed by atoms with van der Waals surface area (Å²) in [6.07, 6.45) is 1.00. The first-order valence-corrected chi connectivity index (χ1v) is 5.66.